The van der Waals surface area contributed by atoms with Gasteiger partial charge in [-0.1, -0.05) is 42.1 Å². The number of benzene rings is 1. The molecule has 1 aliphatic heterocycles. The number of amidine groups is 1. The number of anilines is 1. The molecule has 1 aromatic rings. The molecule has 3 nitrogen and oxygen atoms in total. The summed E-state index contributed by atoms with van der Waals surface area (Å²) in [5, 5.41) is 3.04. The van der Waals surface area contributed by atoms with Gasteiger partial charge in [0.25, 0.3) is 0 Å². The van der Waals surface area contributed by atoms with E-state index >= 15 is 0 Å². The Morgan fingerprint density at radius 3 is 2.67 bits per heavy atom. The van der Waals surface area contributed by atoms with Crippen LogP contribution >= 0.6 is 11.8 Å². The van der Waals surface area contributed by atoms with E-state index in [0.29, 0.717) is 0 Å². The first kappa shape index (κ1) is 13.2. The standard InChI is InChI=1S/C14H19N3S/c1-11(2)10-18-13-15-14(3,4)16-17(13)12-8-6-5-7-9-12/h5-9,16H,1,10H2,2-4H3. The molecule has 1 N–H and O–H groups in total. The van der Waals surface area contributed by atoms with Crippen molar-refractivity contribution in [1.82, 2.24) is 5.43 Å². The van der Waals surface area contributed by atoms with Crippen molar-refractivity contribution in [1.29, 1.82) is 0 Å². The van der Waals surface area contributed by atoms with E-state index in [4.69, 9.17) is 4.99 Å². The van der Waals surface area contributed by atoms with Gasteiger partial charge in [0.1, 0.15) is 5.66 Å². The summed E-state index contributed by atoms with van der Waals surface area (Å²) in [6.45, 7) is 10.1. The van der Waals surface area contributed by atoms with Crippen molar-refractivity contribution < 1.29 is 0 Å². The summed E-state index contributed by atoms with van der Waals surface area (Å²) in [5.74, 6) is 0.889. The number of hydrazine groups is 1. The molecule has 1 aliphatic rings. The predicted molar refractivity (Wildman–Crippen MR) is 80.8 cm³/mol. The van der Waals surface area contributed by atoms with E-state index in [2.05, 4.69) is 38.0 Å². The van der Waals surface area contributed by atoms with Gasteiger partial charge in [0.2, 0.25) is 0 Å². The van der Waals surface area contributed by atoms with Gasteiger partial charge in [-0.15, -0.1) is 0 Å². The number of nitrogens with one attached hydrogen (secondary N) is 1. The van der Waals surface area contributed by atoms with Gasteiger partial charge in [-0.2, -0.15) is 0 Å². The van der Waals surface area contributed by atoms with Crippen LogP contribution in [-0.4, -0.2) is 16.6 Å². The Morgan fingerprint density at radius 2 is 2.06 bits per heavy atom. The SMILES string of the molecule is C=C(C)CSC1=NC(C)(C)NN1c1ccccc1. The highest BCUT2D eigenvalue weighted by Gasteiger charge is 2.31. The lowest BCUT2D eigenvalue weighted by Crippen LogP contribution is -2.44. The zero-order chi connectivity index (χ0) is 13.2. The van der Waals surface area contributed by atoms with Crippen LogP contribution in [0.4, 0.5) is 5.69 Å². The Morgan fingerprint density at radius 1 is 1.39 bits per heavy atom. The Bertz CT molecular complexity index is 465. The highest BCUT2D eigenvalue weighted by Crippen LogP contribution is 2.27. The van der Waals surface area contributed by atoms with Crippen LogP contribution < -0.4 is 10.4 Å². The van der Waals surface area contributed by atoms with E-state index in [0.717, 1.165) is 22.2 Å². The fourth-order valence-corrected chi connectivity index (χ4v) is 2.62. The van der Waals surface area contributed by atoms with Crippen LogP contribution in [0.3, 0.4) is 0 Å². The Balaban J connectivity index is 2.20. The molecule has 0 atom stereocenters. The monoisotopic (exact) mass is 261 g/mol. The smallest absolute Gasteiger partial charge is 0.180 e. The first-order valence-corrected chi connectivity index (χ1v) is 6.96. The zero-order valence-electron chi connectivity index (χ0n) is 11.1. The minimum absolute atomic E-state index is 0.257. The summed E-state index contributed by atoms with van der Waals surface area (Å²) in [4.78, 5) is 4.70. The maximum absolute atomic E-state index is 4.70. The topological polar surface area (TPSA) is 27.6 Å². The highest BCUT2D eigenvalue weighted by molar-refractivity contribution is 8.14. The van der Waals surface area contributed by atoms with Crippen LogP contribution in [0.5, 0.6) is 0 Å². The van der Waals surface area contributed by atoms with Gasteiger partial charge in [-0.3, -0.25) is 5.01 Å². The normalized spacial score (nSPS) is 17.7. The van der Waals surface area contributed by atoms with Gasteiger partial charge in [0.15, 0.2) is 5.17 Å². The molecule has 0 aliphatic carbocycles. The molecule has 0 aromatic heterocycles. The molecule has 0 fully saturated rings. The van der Waals surface area contributed by atoms with Gasteiger partial charge in [-0.25, -0.2) is 10.4 Å². The fraction of sp³-hybridized carbons (Fsp3) is 0.357. The molecular weight excluding hydrogens is 242 g/mol. The minimum Gasteiger partial charge on any atom is -0.252 e. The second-order valence-electron chi connectivity index (χ2n) is 4.98. The molecule has 4 heteroatoms. The van der Waals surface area contributed by atoms with Crippen LogP contribution in [0.15, 0.2) is 47.5 Å². The van der Waals surface area contributed by atoms with Gasteiger partial charge in [0.05, 0.1) is 5.69 Å². The van der Waals surface area contributed by atoms with E-state index in [1.54, 1.807) is 11.8 Å². The van der Waals surface area contributed by atoms with Crippen LogP contribution in [0.2, 0.25) is 0 Å². The second-order valence-corrected chi connectivity index (χ2v) is 5.92. The van der Waals surface area contributed by atoms with Crippen LogP contribution in [0.1, 0.15) is 20.8 Å². The number of aliphatic imine (C=N–C) groups is 1. The molecule has 0 radical (unpaired) electrons. The summed E-state index contributed by atoms with van der Waals surface area (Å²) in [6.07, 6.45) is 0. The number of nitrogens with zero attached hydrogens (tertiary/aromatic N) is 2. The second kappa shape index (κ2) is 5.16. The lowest BCUT2D eigenvalue weighted by Gasteiger charge is -2.23. The van der Waals surface area contributed by atoms with E-state index in [9.17, 15) is 0 Å². The van der Waals surface area contributed by atoms with Gasteiger partial charge < -0.3 is 0 Å². The first-order chi connectivity index (χ1) is 8.48. The maximum Gasteiger partial charge on any atom is 0.180 e. The van der Waals surface area contributed by atoms with Crippen LogP contribution in [0.25, 0.3) is 0 Å². The summed E-state index contributed by atoms with van der Waals surface area (Å²) < 4.78 is 0. The van der Waals surface area contributed by atoms with Gasteiger partial charge in [0, 0.05) is 5.75 Å². The minimum atomic E-state index is -0.257. The van der Waals surface area contributed by atoms with E-state index in [1.165, 1.54) is 0 Å². The van der Waals surface area contributed by atoms with E-state index in [-0.39, 0.29) is 5.66 Å². The van der Waals surface area contributed by atoms with Crippen molar-refractivity contribution in [2.75, 3.05) is 10.8 Å². The zero-order valence-corrected chi connectivity index (χ0v) is 11.9. The van der Waals surface area contributed by atoms with E-state index in [1.807, 2.05) is 30.1 Å². The number of hydrogen-bond acceptors (Lipinski definition) is 4. The molecule has 0 saturated heterocycles. The lowest BCUT2D eigenvalue weighted by molar-refractivity contribution is 0.448. The Hall–Kier alpha value is -1.26. The Labute approximate surface area is 113 Å². The molecule has 0 spiro atoms. The highest BCUT2D eigenvalue weighted by atomic mass is 32.2. The lowest BCUT2D eigenvalue weighted by atomic mass is 10.3. The number of hydrogen-bond donors (Lipinski definition) is 1. The summed E-state index contributed by atoms with van der Waals surface area (Å²) >= 11 is 1.71. The third kappa shape index (κ3) is 3.15. The maximum atomic E-state index is 4.70. The summed E-state index contributed by atoms with van der Waals surface area (Å²) in [6, 6.07) is 10.2. The average molecular weight is 261 g/mol. The van der Waals surface area contributed by atoms with Crippen LogP contribution in [0, 0.1) is 0 Å². The number of rotatable bonds is 3. The van der Waals surface area contributed by atoms with Crippen molar-refractivity contribution >= 4 is 22.6 Å². The van der Waals surface area contributed by atoms with Crippen molar-refractivity contribution in [2.24, 2.45) is 4.99 Å². The van der Waals surface area contributed by atoms with Crippen molar-refractivity contribution in [3.63, 3.8) is 0 Å². The molecule has 0 unspecified atom stereocenters. The van der Waals surface area contributed by atoms with Crippen molar-refractivity contribution in [3.8, 4) is 0 Å². The largest absolute Gasteiger partial charge is 0.252 e. The molecular formula is C14H19N3S. The fourth-order valence-electron chi connectivity index (χ4n) is 1.67. The first-order valence-electron chi connectivity index (χ1n) is 5.98. The molecule has 2 rings (SSSR count). The summed E-state index contributed by atoms with van der Waals surface area (Å²) in [5.41, 5.74) is 5.40. The van der Waals surface area contributed by atoms with Gasteiger partial charge >= 0.3 is 0 Å². The molecule has 18 heavy (non-hydrogen) atoms. The number of para-hydroxylation sites is 1. The number of thioether (sulfide) groups is 1. The molecule has 0 amide bonds. The van der Waals surface area contributed by atoms with Crippen molar-refractivity contribution in [2.45, 2.75) is 26.4 Å². The molecule has 0 bridgehead atoms. The van der Waals surface area contributed by atoms with Crippen molar-refractivity contribution in [3.05, 3.63) is 42.5 Å². The van der Waals surface area contributed by atoms with Gasteiger partial charge in [-0.05, 0) is 32.9 Å². The molecule has 1 aromatic carbocycles. The quantitative estimate of drug-likeness (QED) is 0.845. The predicted octanol–water partition coefficient (Wildman–Crippen LogP) is 3.41. The third-order valence-electron chi connectivity index (χ3n) is 2.41. The van der Waals surface area contributed by atoms with E-state index < -0.39 is 0 Å². The molecule has 0 saturated carbocycles. The third-order valence-corrected chi connectivity index (χ3v) is 3.58. The molecule has 96 valence electrons. The summed E-state index contributed by atoms with van der Waals surface area (Å²) in [7, 11) is 0. The average Bonchev–Trinajstić information content (AvgIpc) is 2.63. The Kier molecular flexibility index (Phi) is 3.78. The molecule has 1 heterocycles. The van der Waals surface area contributed by atoms with Crippen LogP contribution in [-0.2, 0) is 0 Å².